The molecule has 0 fully saturated rings. The first-order valence-corrected chi connectivity index (χ1v) is 12.2. The number of alkyl carbamates (subject to hydrolysis) is 1. The summed E-state index contributed by atoms with van der Waals surface area (Å²) in [6.07, 6.45) is 4.21. The van der Waals surface area contributed by atoms with Gasteiger partial charge in [-0.1, -0.05) is 60.7 Å². The van der Waals surface area contributed by atoms with Crippen molar-refractivity contribution in [2.24, 2.45) is 5.92 Å². The lowest BCUT2D eigenvalue weighted by molar-refractivity contribution is -0.141. The second-order valence-electron chi connectivity index (χ2n) is 9.44. The van der Waals surface area contributed by atoms with Gasteiger partial charge in [-0.25, -0.2) is 4.79 Å². The molecule has 2 aliphatic carbocycles. The van der Waals surface area contributed by atoms with Gasteiger partial charge in [0, 0.05) is 24.4 Å². The molecule has 4 rings (SSSR count). The molecule has 0 bridgehead atoms. The van der Waals surface area contributed by atoms with Crippen molar-refractivity contribution < 1.29 is 24.2 Å². The van der Waals surface area contributed by atoms with Gasteiger partial charge in [-0.3, -0.25) is 9.59 Å². The highest BCUT2D eigenvalue weighted by atomic mass is 16.5. The monoisotopic (exact) mass is 476 g/mol. The number of carbonyl (C=O) groups is 3. The van der Waals surface area contributed by atoms with Crippen molar-refractivity contribution in [3.05, 3.63) is 71.8 Å². The van der Waals surface area contributed by atoms with E-state index in [2.05, 4.69) is 29.6 Å². The van der Waals surface area contributed by atoms with Crippen LogP contribution in [0, 0.1) is 5.92 Å². The molecule has 2 atom stereocenters. The summed E-state index contributed by atoms with van der Waals surface area (Å²) in [5.74, 6) is -1.33. The molecule has 184 valence electrons. The van der Waals surface area contributed by atoms with E-state index >= 15 is 0 Å². The first kappa shape index (κ1) is 24.5. The molecule has 7 nitrogen and oxygen atoms in total. The zero-order valence-electron chi connectivity index (χ0n) is 20.1. The molecular formula is C28H32N2O5. The number of nitrogens with one attached hydrogen (secondary N) is 1. The lowest BCUT2D eigenvalue weighted by atomic mass is 9.89. The van der Waals surface area contributed by atoms with E-state index in [-0.39, 0.29) is 49.4 Å². The number of allylic oxidation sites excluding steroid dienone is 1. The Hall–Kier alpha value is -3.61. The van der Waals surface area contributed by atoms with Crippen LogP contribution in [0.15, 0.2) is 60.7 Å². The van der Waals surface area contributed by atoms with Crippen LogP contribution in [0.25, 0.3) is 11.1 Å². The van der Waals surface area contributed by atoms with E-state index in [0.717, 1.165) is 11.1 Å². The number of carboxylic acid groups (broad SMARTS) is 1. The SMILES string of the molecule is CC(C)N(CCC(=O)O)C(=O)[C@@H]1CC=C[C@@H](NC(=O)OCC2c3ccccc3-c3ccccc32)C1. The molecule has 0 unspecified atom stereocenters. The smallest absolute Gasteiger partial charge is 0.407 e. The molecule has 2 aromatic rings. The van der Waals surface area contributed by atoms with E-state index in [1.165, 1.54) is 11.1 Å². The maximum absolute atomic E-state index is 13.1. The maximum atomic E-state index is 13.1. The molecule has 0 radical (unpaired) electrons. The molecule has 0 saturated carbocycles. The van der Waals surface area contributed by atoms with Gasteiger partial charge in [0.05, 0.1) is 12.5 Å². The molecule has 2 N–H and O–H groups in total. The maximum Gasteiger partial charge on any atom is 0.407 e. The number of amides is 2. The lowest BCUT2D eigenvalue weighted by Gasteiger charge is -2.32. The van der Waals surface area contributed by atoms with Gasteiger partial charge < -0.3 is 20.1 Å². The zero-order valence-corrected chi connectivity index (χ0v) is 20.1. The number of hydrogen-bond acceptors (Lipinski definition) is 4. The predicted octanol–water partition coefficient (Wildman–Crippen LogP) is 4.57. The first-order valence-electron chi connectivity index (χ1n) is 12.2. The number of rotatable bonds is 8. The van der Waals surface area contributed by atoms with E-state index in [0.29, 0.717) is 12.8 Å². The largest absolute Gasteiger partial charge is 0.481 e. The van der Waals surface area contributed by atoms with Crippen molar-refractivity contribution >= 4 is 18.0 Å². The van der Waals surface area contributed by atoms with Gasteiger partial charge in [-0.05, 0) is 48.9 Å². The number of hydrogen-bond donors (Lipinski definition) is 2. The molecule has 0 heterocycles. The number of ether oxygens (including phenoxy) is 1. The summed E-state index contributed by atoms with van der Waals surface area (Å²) in [5, 5.41) is 11.9. The lowest BCUT2D eigenvalue weighted by Crippen LogP contribution is -2.45. The highest BCUT2D eigenvalue weighted by Gasteiger charge is 2.32. The second kappa shape index (κ2) is 10.8. The van der Waals surface area contributed by atoms with Crippen molar-refractivity contribution in [1.82, 2.24) is 10.2 Å². The van der Waals surface area contributed by atoms with Gasteiger partial charge in [0.25, 0.3) is 0 Å². The number of carboxylic acids is 1. The van der Waals surface area contributed by atoms with Crippen LogP contribution >= 0.6 is 0 Å². The summed E-state index contributed by atoms with van der Waals surface area (Å²) >= 11 is 0. The number of carbonyl (C=O) groups excluding carboxylic acids is 2. The van der Waals surface area contributed by atoms with Gasteiger partial charge in [0.15, 0.2) is 0 Å². The fourth-order valence-corrected chi connectivity index (χ4v) is 5.06. The summed E-state index contributed by atoms with van der Waals surface area (Å²) in [6.45, 7) is 4.17. The Bertz CT molecular complexity index is 1080. The van der Waals surface area contributed by atoms with E-state index in [1.54, 1.807) is 4.90 Å². The molecule has 2 aliphatic rings. The van der Waals surface area contributed by atoms with Gasteiger partial charge in [0.2, 0.25) is 5.91 Å². The molecule has 0 saturated heterocycles. The molecule has 0 aliphatic heterocycles. The quantitative estimate of drug-likeness (QED) is 0.544. The first-order chi connectivity index (χ1) is 16.8. The molecule has 0 spiro atoms. The van der Waals surface area contributed by atoms with Crippen molar-refractivity contribution in [2.45, 2.75) is 51.1 Å². The predicted molar refractivity (Wildman–Crippen MR) is 133 cm³/mol. The van der Waals surface area contributed by atoms with Crippen LogP contribution in [0.4, 0.5) is 4.79 Å². The Morgan fingerprint density at radius 3 is 2.29 bits per heavy atom. The van der Waals surface area contributed by atoms with E-state index in [4.69, 9.17) is 9.84 Å². The Kier molecular flexibility index (Phi) is 7.54. The second-order valence-corrected chi connectivity index (χ2v) is 9.44. The van der Waals surface area contributed by atoms with Crippen molar-refractivity contribution in [1.29, 1.82) is 0 Å². The average Bonchev–Trinajstić information content (AvgIpc) is 3.16. The summed E-state index contributed by atoms with van der Waals surface area (Å²) < 4.78 is 5.64. The van der Waals surface area contributed by atoms with Crippen LogP contribution in [0.1, 0.15) is 50.2 Å². The standard InChI is InChI=1S/C28H32N2O5/c1-18(2)30(15-14-26(31)32)27(33)19-8-7-9-20(16-19)29-28(34)35-17-25-23-12-5-3-10-21(23)22-11-4-6-13-24(22)25/h3-7,9-13,18-20,25H,8,14-17H2,1-2H3,(H,29,34)(H,31,32)/t19-,20-/m1/s1. The molecule has 35 heavy (non-hydrogen) atoms. The average molecular weight is 477 g/mol. The normalized spacial score (nSPS) is 18.6. The fraction of sp³-hybridized carbons (Fsp3) is 0.393. The van der Waals surface area contributed by atoms with Crippen molar-refractivity contribution in [3.8, 4) is 11.1 Å². The van der Waals surface area contributed by atoms with Crippen LogP contribution in [-0.2, 0) is 14.3 Å². The minimum absolute atomic E-state index is 0.0155. The molecule has 7 heteroatoms. The number of aliphatic carboxylic acids is 1. The Morgan fingerprint density at radius 2 is 1.69 bits per heavy atom. The van der Waals surface area contributed by atoms with Crippen LogP contribution in [-0.4, -0.2) is 53.2 Å². The fourth-order valence-electron chi connectivity index (χ4n) is 5.06. The molecule has 2 aromatic carbocycles. The molecule has 0 aromatic heterocycles. The Balaban J connectivity index is 1.34. The summed E-state index contributed by atoms with van der Waals surface area (Å²) in [4.78, 5) is 38.3. The van der Waals surface area contributed by atoms with Gasteiger partial charge in [-0.2, -0.15) is 0 Å². The Labute approximate surface area is 205 Å². The van der Waals surface area contributed by atoms with Crippen molar-refractivity contribution in [3.63, 3.8) is 0 Å². The minimum Gasteiger partial charge on any atom is -0.481 e. The van der Waals surface area contributed by atoms with Crippen LogP contribution in [0.5, 0.6) is 0 Å². The van der Waals surface area contributed by atoms with Gasteiger partial charge in [0.1, 0.15) is 6.61 Å². The molecule has 2 amide bonds. The Morgan fingerprint density at radius 1 is 1.06 bits per heavy atom. The topological polar surface area (TPSA) is 95.9 Å². The van der Waals surface area contributed by atoms with Gasteiger partial charge >= 0.3 is 12.1 Å². The third-order valence-electron chi connectivity index (χ3n) is 6.80. The van der Waals surface area contributed by atoms with Crippen LogP contribution in [0.3, 0.4) is 0 Å². The highest BCUT2D eigenvalue weighted by molar-refractivity contribution is 5.81. The van der Waals surface area contributed by atoms with E-state index in [9.17, 15) is 14.4 Å². The highest BCUT2D eigenvalue weighted by Crippen LogP contribution is 2.44. The number of nitrogens with zero attached hydrogens (tertiary/aromatic N) is 1. The zero-order chi connectivity index (χ0) is 24.9. The molecular weight excluding hydrogens is 444 g/mol. The number of fused-ring (bicyclic) bond motifs is 3. The minimum atomic E-state index is -0.929. The van der Waals surface area contributed by atoms with Gasteiger partial charge in [-0.15, -0.1) is 0 Å². The van der Waals surface area contributed by atoms with Crippen LogP contribution in [0.2, 0.25) is 0 Å². The van der Waals surface area contributed by atoms with Crippen molar-refractivity contribution in [2.75, 3.05) is 13.2 Å². The third-order valence-corrected chi connectivity index (χ3v) is 6.80. The summed E-state index contributed by atoms with van der Waals surface area (Å²) in [5.41, 5.74) is 4.65. The third kappa shape index (κ3) is 5.56. The van der Waals surface area contributed by atoms with E-state index in [1.807, 2.05) is 50.3 Å². The summed E-state index contributed by atoms with van der Waals surface area (Å²) in [6, 6.07) is 15.9. The van der Waals surface area contributed by atoms with Crippen LogP contribution < -0.4 is 5.32 Å². The number of benzene rings is 2. The van der Waals surface area contributed by atoms with E-state index < -0.39 is 12.1 Å². The summed E-state index contributed by atoms with van der Waals surface area (Å²) in [7, 11) is 0.